The lowest BCUT2D eigenvalue weighted by molar-refractivity contribution is 0.171. The topological polar surface area (TPSA) is 83.1 Å². The Labute approximate surface area is 180 Å². The Morgan fingerprint density at radius 1 is 1.13 bits per heavy atom. The van der Waals surface area contributed by atoms with Crippen molar-refractivity contribution in [1.29, 1.82) is 5.26 Å². The van der Waals surface area contributed by atoms with Crippen LogP contribution >= 0.6 is 0 Å². The second-order valence-electron chi connectivity index (χ2n) is 7.37. The van der Waals surface area contributed by atoms with Crippen molar-refractivity contribution in [2.45, 2.75) is 12.6 Å². The molecule has 2 heterocycles. The highest BCUT2D eigenvalue weighted by atomic mass is 19.1. The highest BCUT2D eigenvalue weighted by Crippen LogP contribution is 2.30. The Bertz CT molecular complexity index is 1060. The van der Waals surface area contributed by atoms with E-state index in [0.717, 1.165) is 5.56 Å². The number of piperazine rings is 1. The molecule has 4 rings (SSSR count). The molecule has 0 bridgehead atoms. The van der Waals surface area contributed by atoms with E-state index in [2.05, 4.69) is 31.4 Å². The number of anilines is 1. The van der Waals surface area contributed by atoms with Crippen molar-refractivity contribution in [3.8, 4) is 6.07 Å². The zero-order valence-corrected chi connectivity index (χ0v) is 17.4. The summed E-state index contributed by atoms with van der Waals surface area (Å²) in [6, 6.07) is 16.4. The third kappa shape index (κ3) is 4.55. The van der Waals surface area contributed by atoms with Crippen LogP contribution < -0.4 is 4.90 Å². The van der Waals surface area contributed by atoms with Gasteiger partial charge >= 0.3 is 0 Å². The van der Waals surface area contributed by atoms with Crippen LogP contribution in [0, 0.1) is 17.1 Å². The van der Waals surface area contributed by atoms with Gasteiger partial charge in [0, 0.05) is 33.3 Å². The Hall–Kier alpha value is -3.35. The molecule has 0 saturated carbocycles. The molecule has 1 aromatic heterocycles. The van der Waals surface area contributed by atoms with E-state index >= 15 is 0 Å². The number of halogens is 1. The maximum Gasteiger partial charge on any atom is 0.173 e. The maximum absolute atomic E-state index is 14.2. The third-order valence-electron chi connectivity index (χ3n) is 5.52. The van der Waals surface area contributed by atoms with Crippen LogP contribution in [0.15, 0.2) is 48.5 Å². The average Bonchev–Trinajstić information content (AvgIpc) is 3.27. The molecule has 1 fully saturated rings. The number of ether oxygens (including phenoxy) is 1. The van der Waals surface area contributed by atoms with Gasteiger partial charge in [0.05, 0.1) is 36.5 Å². The van der Waals surface area contributed by atoms with Crippen molar-refractivity contribution < 1.29 is 9.13 Å². The summed E-state index contributed by atoms with van der Waals surface area (Å²) in [6.07, 6.45) is 0. The molecule has 8 nitrogen and oxygen atoms in total. The highest BCUT2D eigenvalue weighted by molar-refractivity contribution is 5.48. The SMILES string of the molecule is COCCn1nnnc1[C@@H](c1cccc(C#N)c1)N1CCN(c2ccccc2F)CC1. The summed E-state index contributed by atoms with van der Waals surface area (Å²) in [5, 5.41) is 21.7. The Kier molecular flexibility index (Phi) is 6.50. The maximum atomic E-state index is 14.2. The molecule has 0 amide bonds. The summed E-state index contributed by atoms with van der Waals surface area (Å²) in [6.45, 7) is 3.77. The van der Waals surface area contributed by atoms with Gasteiger partial charge in [0.1, 0.15) is 5.82 Å². The third-order valence-corrected chi connectivity index (χ3v) is 5.52. The Morgan fingerprint density at radius 3 is 2.68 bits per heavy atom. The predicted molar refractivity (Wildman–Crippen MR) is 113 cm³/mol. The molecule has 9 heteroatoms. The Balaban J connectivity index is 1.62. The molecular weight excluding hydrogens is 397 g/mol. The monoisotopic (exact) mass is 421 g/mol. The van der Waals surface area contributed by atoms with Crippen LogP contribution in [0.1, 0.15) is 23.0 Å². The Morgan fingerprint density at radius 2 is 1.94 bits per heavy atom. The molecule has 1 aliphatic heterocycles. The minimum absolute atomic E-state index is 0.210. The van der Waals surface area contributed by atoms with E-state index in [1.54, 1.807) is 23.9 Å². The highest BCUT2D eigenvalue weighted by Gasteiger charge is 2.31. The van der Waals surface area contributed by atoms with Crippen molar-refractivity contribution in [2.75, 3.05) is 44.8 Å². The number of benzene rings is 2. The molecule has 0 N–H and O–H groups in total. The van der Waals surface area contributed by atoms with Gasteiger partial charge < -0.3 is 9.64 Å². The summed E-state index contributed by atoms with van der Waals surface area (Å²) >= 11 is 0. The number of nitrogens with zero attached hydrogens (tertiary/aromatic N) is 7. The lowest BCUT2D eigenvalue weighted by Crippen LogP contribution is -2.48. The summed E-state index contributed by atoms with van der Waals surface area (Å²) in [5.74, 6) is 0.490. The minimum Gasteiger partial charge on any atom is -0.383 e. The smallest absolute Gasteiger partial charge is 0.173 e. The van der Waals surface area contributed by atoms with Gasteiger partial charge in [-0.15, -0.1) is 5.10 Å². The fraction of sp³-hybridized carbons (Fsp3) is 0.364. The van der Waals surface area contributed by atoms with E-state index in [1.807, 2.05) is 30.3 Å². The number of aromatic nitrogens is 4. The molecule has 1 saturated heterocycles. The lowest BCUT2D eigenvalue weighted by atomic mass is 10.0. The van der Waals surface area contributed by atoms with Crippen molar-refractivity contribution in [3.05, 3.63) is 71.3 Å². The van der Waals surface area contributed by atoms with Gasteiger partial charge in [-0.05, 0) is 40.3 Å². The van der Waals surface area contributed by atoms with E-state index in [-0.39, 0.29) is 11.9 Å². The lowest BCUT2D eigenvalue weighted by Gasteiger charge is -2.40. The van der Waals surface area contributed by atoms with Crippen molar-refractivity contribution in [1.82, 2.24) is 25.1 Å². The van der Waals surface area contributed by atoms with Crippen LogP contribution in [0.25, 0.3) is 0 Å². The van der Waals surface area contributed by atoms with Crippen molar-refractivity contribution in [3.63, 3.8) is 0 Å². The van der Waals surface area contributed by atoms with Crippen LogP contribution in [0.5, 0.6) is 0 Å². The first-order valence-corrected chi connectivity index (χ1v) is 10.2. The van der Waals surface area contributed by atoms with Gasteiger partial charge in [-0.3, -0.25) is 4.90 Å². The number of rotatable bonds is 7. The summed E-state index contributed by atoms with van der Waals surface area (Å²) in [5.41, 5.74) is 2.16. The molecule has 2 aromatic carbocycles. The molecule has 1 aliphatic rings. The zero-order chi connectivity index (χ0) is 21.6. The minimum atomic E-state index is -0.220. The molecule has 0 aliphatic carbocycles. The molecule has 0 radical (unpaired) electrons. The van der Waals surface area contributed by atoms with E-state index < -0.39 is 0 Å². The van der Waals surface area contributed by atoms with Gasteiger partial charge in [0.25, 0.3) is 0 Å². The van der Waals surface area contributed by atoms with Crippen LogP contribution in [-0.2, 0) is 11.3 Å². The van der Waals surface area contributed by atoms with E-state index in [9.17, 15) is 9.65 Å². The second-order valence-corrected chi connectivity index (χ2v) is 7.37. The molecule has 160 valence electrons. The quantitative estimate of drug-likeness (QED) is 0.579. The van der Waals surface area contributed by atoms with E-state index in [4.69, 9.17) is 4.74 Å². The van der Waals surface area contributed by atoms with Gasteiger partial charge in [-0.2, -0.15) is 5.26 Å². The molecule has 1 atom stereocenters. The van der Waals surface area contributed by atoms with Crippen LogP contribution in [-0.4, -0.2) is 65.0 Å². The molecule has 3 aromatic rings. The first-order chi connectivity index (χ1) is 15.2. The fourth-order valence-electron chi connectivity index (χ4n) is 3.98. The van der Waals surface area contributed by atoms with E-state index in [0.29, 0.717) is 56.4 Å². The zero-order valence-electron chi connectivity index (χ0n) is 17.4. The van der Waals surface area contributed by atoms with Crippen LogP contribution in [0.4, 0.5) is 10.1 Å². The molecule has 31 heavy (non-hydrogen) atoms. The van der Waals surface area contributed by atoms with Gasteiger partial charge in [-0.1, -0.05) is 24.3 Å². The number of methoxy groups -OCH3 is 1. The van der Waals surface area contributed by atoms with Crippen LogP contribution in [0.3, 0.4) is 0 Å². The summed E-state index contributed by atoms with van der Waals surface area (Å²) in [4.78, 5) is 4.34. The van der Waals surface area contributed by atoms with Crippen LogP contribution in [0.2, 0.25) is 0 Å². The number of hydrogen-bond donors (Lipinski definition) is 0. The van der Waals surface area contributed by atoms with Gasteiger partial charge in [0.15, 0.2) is 5.82 Å². The van der Waals surface area contributed by atoms with Gasteiger partial charge in [0.2, 0.25) is 0 Å². The molecule has 0 spiro atoms. The number of tetrazole rings is 1. The first-order valence-electron chi connectivity index (χ1n) is 10.2. The second kappa shape index (κ2) is 9.64. The molecular formula is C22H24FN7O. The predicted octanol–water partition coefficient (Wildman–Crippen LogP) is 2.24. The standard InChI is InChI=1S/C22H24FN7O/c1-31-14-13-30-22(25-26-27-30)21(18-6-4-5-17(15-18)16-24)29-11-9-28(10-12-29)20-8-3-2-7-19(20)23/h2-8,15,21H,9-14H2,1H3/t21-/m1/s1. The fourth-order valence-corrected chi connectivity index (χ4v) is 3.98. The average molecular weight is 421 g/mol. The van der Waals surface area contributed by atoms with Crippen molar-refractivity contribution >= 4 is 5.69 Å². The summed E-state index contributed by atoms with van der Waals surface area (Å²) < 4.78 is 21.2. The largest absolute Gasteiger partial charge is 0.383 e. The molecule has 0 unspecified atom stereocenters. The first kappa shape index (κ1) is 20.9. The summed E-state index contributed by atoms with van der Waals surface area (Å²) in [7, 11) is 1.64. The normalized spacial score (nSPS) is 15.6. The van der Waals surface area contributed by atoms with E-state index in [1.165, 1.54) is 6.07 Å². The van der Waals surface area contributed by atoms with Crippen molar-refractivity contribution in [2.24, 2.45) is 0 Å². The number of hydrogen-bond acceptors (Lipinski definition) is 7. The number of nitriles is 1. The number of para-hydroxylation sites is 1. The van der Waals surface area contributed by atoms with Gasteiger partial charge in [-0.25, -0.2) is 9.07 Å².